The van der Waals surface area contributed by atoms with Crippen LogP contribution in [-0.2, 0) is 6.42 Å². The van der Waals surface area contributed by atoms with Gasteiger partial charge in [-0.3, -0.25) is 0 Å². The topological polar surface area (TPSA) is 20.2 Å². The van der Waals surface area contributed by atoms with Crippen molar-refractivity contribution in [2.75, 3.05) is 0 Å². The van der Waals surface area contributed by atoms with Crippen LogP contribution in [0.1, 0.15) is 5.56 Å². The Kier molecular flexibility index (Phi) is 2.58. The molecule has 1 nitrogen and oxygen atoms in total. The average molecular weight is 160 g/mol. The minimum Gasteiger partial charge on any atom is -0.409 e. The number of hydrogen-bond donors (Lipinski definition) is 1. The van der Waals surface area contributed by atoms with Crippen LogP contribution in [0, 0.1) is 5.82 Å². The third-order valence-corrected chi connectivity index (χ3v) is 1.40. The molecule has 0 fully saturated rings. The Morgan fingerprint density at radius 3 is 2.17 bits per heavy atom. The van der Waals surface area contributed by atoms with E-state index >= 15 is 0 Å². The van der Waals surface area contributed by atoms with E-state index in [1.54, 1.807) is 0 Å². The summed E-state index contributed by atoms with van der Waals surface area (Å²) in [6, 6.07) is 5.64. The molecule has 0 aliphatic heterocycles. The van der Waals surface area contributed by atoms with Crippen LogP contribution < -0.4 is 0 Å². The molecule has 0 aromatic heterocycles. The summed E-state index contributed by atoms with van der Waals surface area (Å²) in [5.74, 6) is -0.323. The molecule has 0 bridgehead atoms. The third-order valence-electron chi connectivity index (χ3n) is 1.40. The van der Waals surface area contributed by atoms with E-state index in [4.69, 9.17) is 20.8 Å². The molecule has 1 aromatic rings. The molecule has 0 spiro atoms. The largest absolute Gasteiger partial charge is 0.409 e. The van der Waals surface area contributed by atoms with Crippen LogP contribution in [0.15, 0.2) is 24.3 Å². The van der Waals surface area contributed by atoms with Gasteiger partial charge in [0.25, 0.3) is 0 Å². The van der Waals surface area contributed by atoms with E-state index in [9.17, 15) is 4.39 Å². The van der Waals surface area contributed by atoms with Crippen LogP contribution >= 0.6 is 0 Å². The van der Waals surface area contributed by atoms with E-state index in [1.165, 1.54) is 24.3 Å². The zero-order chi connectivity index (χ0) is 9.19. The molecule has 0 saturated heterocycles. The van der Waals surface area contributed by atoms with Crippen molar-refractivity contribution in [1.82, 2.24) is 0 Å². The number of halogens is 1. The van der Waals surface area contributed by atoms with Gasteiger partial charge in [0, 0.05) is 0 Å². The lowest BCUT2D eigenvalue weighted by Gasteiger charge is -2.17. The van der Waals surface area contributed by atoms with Gasteiger partial charge < -0.3 is 5.11 Å². The number of rotatable bonds is 2. The molecule has 0 aliphatic carbocycles. The highest BCUT2D eigenvalue weighted by Gasteiger charge is 2.11. The summed E-state index contributed by atoms with van der Waals surface area (Å²) < 4.78 is 12.4. The fourth-order valence-electron chi connectivity index (χ4n) is 0.929. The molecule has 0 amide bonds. The first-order valence-corrected chi connectivity index (χ1v) is 3.52. The minimum absolute atomic E-state index is 0.104. The molecular weight excluding hydrogens is 153 g/mol. The van der Waals surface area contributed by atoms with Gasteiger partial charge in [0.1, 0.15) is 5.82 Å². The molecule has 0 aliphatic rings. The van der Waals surface area contributed by atoms with Gasteiger partial charge in [-0.15, -0.1) is 0 Å². The van der Waals surface area contributed by atoms with E-state index in [0.717, 1.165) is 0 Å². The van der Waals surface area contributed by atoms with Crippen molar-refractivity contribution in [3.05, 3.63) is 35.6 Å². The molecule has 0 unspecified atom stereocenters. The molecule has 1 rings (SSSR count). The van der Waals surface area contributed by atoms with E-state index in [-0.39, 0.29) is 12.2 Å². The smallest absolute Gasteiger partial charge is 0.123 e. The average Bonchev–Trinajstić information content (AvgIpc) is 1.91. The standard InChI is InChI=1S/C8H7B2FO/c9-8(10,12)5-6-1-3-7(11)4-2-6/h1-4,12H,5H2. The molecular formula is C8H7B2FO. The highest BCUT2D eigenvalue weighted by molar-refractivity contribution is 6.38. The lowest BCUT2D eigenvalue weighted by molar-refractivity contribution is 0.214. The van der Waals surface area contributed by atoms with Gasteiger partial charge in [-0.25, -0.2) is 4.39 Å². The summed E-state index contributed by atoms with van der Waals surface area (Å²) in [4.78, 5) is 0. The van der Waals surface area contributed by atoms with Crippen LogP contribution in [0.2, 0.25) is 0 Å². The Morgan fingerprint density at radius 1 is 1.25 bits per heavy atom. The van der Waals surface area contributed by atoms with Crippen LogP contribution in [0.25, 0.3) is 0 Å². The fourth-order valence-corrected chi connectivity index (χ4v) is 0.929. The maximum Gasteiger partial charge on any atom is 0.123 e. The number of benzene rings is 1. The summed E-state index contributed by atoms with van der Waals surface area (Å²) in [6.07, 6.45) is 0.104. The maximum absolute atomic E-state index is 12.4. The van der Waals surface area contributed by atoms with Crippen LogP contribution in [-0.4, -0.2) is 26.2 Å². The van der Waals surface area contributed by atoms with Crippen molar-refractivity contribution in [2.24, 2.45) is 0 Å². The van der Waals surface area contributed by atoms with Crippen molar-refractivity contribution in [3.8, 4) is 0 Å². The first-order valence-electron chi connectivity index (χ1n) is 3.52. The lowest BCUT2D eigenvalue weighted by Crippen LogP contribution is -2.31. The first kappa shape index (κ1) is 9.33. The Hall–Kier alpha value is -0.760. The van der Waals surface area contributed by atoms with Gasteiger partial charge in [0.15, 0.2) is 0 Å². The molecule has 0 atom stereocenters. The van der Waals surface area contributed by atoms with Gasteiger partial charge in [-0.1, -0.05) is 12.1 Å². The quantitative estimate of drug-likeness (QED) is 0.618. The third kappa shape index (κ3) is 3.09. The first-order chi connectivity index (χ1) is 5.47. The second-order valence-corrected chi connectivity index (χ2v) is 2.79. The predicted molar refractivity (Wildman–Crippen MR) is 46.6 cm³/mol. The lowest BCUT2D eigenvalue weighted by atomic mass is 9.62. The zero-order valence-electron chi connectivity index (χ0n) is 6.50. The fraction of sp³-hybridized carbons (Fsp3) is 0.250. The van der Waals surface area contributed by atoms with E-state index in [0.29, 0.717) is 5.56 Å². The van der Waals surface area contributed by atoms with Gasteiger partial charge in [-0.05, 0) is 29.5 Å². The Balaban J connectivity index is 2.71. The maximum atomic E-state index is 12.4. The Bertz CT molecular complexity index is 253. The van der Waals surface area contributed by atoms with E-state index in [1.807, 2.05) is 0 Å². The Morgan fingerprint density at radius 2 is 1.75 bits per heavy atom. The molecule has 0 saturated carbocycles. The van der Waals surface area contributed by atoms with Crippen LogP contribution in [0.3, 0.4) is 0 Å². The second-order valence-electron chi connectivity index (χ2n) is 2.79. The summed E-state index contributed by atoms with van der Waals surface area (Å²) in [7, 11) is 10.3. The molecule has 58 valence electrons. The van der Waals surface area contributed by atoms with Crippen LogP contribution in [0.4, 0.5) is 4.39 Å². The van der Waals surface area contributed by atoms with Crippen molar-refractivity contribution < 1.29 is 9.50 Å². The van der Waals surface area contributed by atoms with Crippen molar-refractivity contribution >= 4 is 15.7 Å². The molecule has 12 heavy (non-hydrogen) atoms. The van der Waals surface area contributed by atoms with Crippen molar-refractivity contribution in [3.63, 3.8) is 0 Å². The monoisotopic (exact) mass is 160 g/mol. The van der Waals surface area contributed by atoms with E-state index < -0.39 is 5.40 Å². The van der Waals surface area contributed by atoms with Crippen LogP contribution in [0.5, 0.6) is 0 Å². The molecule has 1 N–H and O–H groups in total. The SMILES string of the molecule is [B]C([B])(O)Cc1ccc(F)cc1. The summed E-state index contributed by atoms with van der Waals surface area (Å²) in [5.41, 5.74) is 0.698. The molecule has 4 radical (unpaired) electrons. The summed E-state index contributed by atoms with van der Waals surface area (Å²) >= 11 is 0. The molecule has 1 aromatic carbocycles. The van der Waals surface area contributed by atoms with Gasteiger partial charge in [0.05, 0.1) is 15.7 Å². The normalized spacial score (nSPS) is 11.5. The summed E-state index contributed by atoms with van der Waals surface area (Å²) in [6.45, 7) is 0. The van der Waals surface area contributed by atoms with Gasteiger partial charge in [-0.2, -0.15) is 0 Å². The molecule has 0 heterocycles. The highest BCUT2D eigenvalue weighted by Crippen LogP contribution is 2.08. The minimum atomic E-state index is -1.72. The summed E-state index contributed by atoms with van der Waals surface area (Å²) in [5, 5.41) is 7.28. The van der Waals surface area contributed by atoms with Crippen molar-refractivity contribution in [2.45, 2.75) is 11.8 Å². The van der Waals surface area contributed by atoms with Crippen molar-refractivity contribution in [1.29, 1.82) is 0 Å². The number of hydrogen-bond acceptors (Lipinski definition) is 1. The highest BCUT2D eigenvalue weighted by atomic mass is 19.1. The zero-order valence-corrected chi connectivity index (χ0v) is 6.50. The van der Waals surface area contributed by atoms with Gasteiger partial charge >= 0.3 is 0 Å². The number of aliphatic hydroxyl groups is 1. The Labute approximate surface area is 73.4 Å². The second kappa shape index (κ2) is 3.31. The van der Waals surface area contributed by atoms with Gasteiger partial charge in [0.2, 0.25) is 0 Å². The predicted octanol–water partition coefficient (Wildman–Crippen LogP) is 0.351. The molecule has 4 heteroatoms. The van der Waals surface area contributed by atoms with E-state index in [2.05, 4.69) is 0 Å².